The number of pyridine rings is 1. The first-order chi connectivity index (χ1) is 13.1. The fourth-order valence-corrected chi connectivity index (χ4v) is 3.06. The van der Waals surface area contributed by atoms with Crippen LogP contribution in [0.15, 0.2) is 66.1 Å². The molecular formula is C19H21N7O. The summed E-state index contributed by atoms with van der Waals surface area (Å²) in [6, 6.07) is 14.0. The molecule has 0 unspecified atom stereocenters. The molecule has 0 saturated carbocycles. The van der Waals surface area contributed by atoms with Crippen molar-refractivity contribution in [2.45, 2.75) is 19.5 Å². The Balaban J connectivity index is 1.43. The summed E-state index contributed by atoms with van der Waals surface area (Å²) < 4.78 is 4.81. The Labute approximate surface area is 156 Å². The number of hydrogen-bond donors (Lipinski definition) is 0. The van der Waals surface area contributed by atoms with E-state index in [9.17, 15) is 4.79 Å². The zero-order valence-electron chi connectivity index (χ0n) is 15.3. The molecule has 4 rings (SSSR count). The molecule has 8 heteroatoms. The van der Waals surface area contributed by atoms with Crippen molar-refractivity contribution in [3.05, 3.63) is 77.4 Å². The SMILES string of the molecule is C[C@H](c1ccc(-n2cncn2)cc1)N(C)CCn1nc2ccccn2c1=O. The molecular weight excluding hydrogens is 342 g/mol. The summed E-state index contributed by atoms with van der Waals surface area (Å²) in [5.41, 5.74) is 2.73. The molecule has 0 amide bonds. The van der Waals surface area contributed by atoms with E-state index >= 15 is 0 Å². The lowest BCUT2D eigenvalue weighted by atomic mass is 10.1. The van der Waals surface area contributed by atoms with Gasteiger partial charge in [-0.15, -0.1) is 5.10 Å². The minimum atomic E-state index is -0.108. The van der Waals surface area contributed by atoms with Crippen molar-refractivity contribution in [1.29, 1.82) is 0 Å². The van der Waals surface area contributed by atoms with Crippen LogP contribution in [0.4, 0.5) is 0 Å². The van der Waals surface area contributed by atoms with E-state index in [1.54, 1.807) is 21.6 Å². The molecule has 3 heterocycles. The third-order valence-electron chi connectivity index (χ3n) is 4.87. The van der Waals surface area contributed by atoms with Crippen molar-refractivity contribution in [2.75, 3.05) is 13.6 Å². The number of hydrogen-bond acceptors (Lipinski definition) is 5. The molecule has 27 heavy (non-hydrogen) atoms. The second kappa shape index (κ2) is 7.16. The Kier molecular flexibility index (Phi) is 4.55. The molecule has 0 saturated heterocycles. The Bertz CT molecular complexity index is 1080. The van der Waals surface area contributed by atoms with Gasteiger partial charge in [0.2, 0.25) is 0 Å². The highest BCUT2D eigenvalue weighted by Gasteiger charge is 2.13. The Morgan fingerprint density at radius 1 is 1.15 bits per heavy atom. The number of nitrogens with zero attached hydrogens (tertiary/aromatic N) is 7. The topological polar surface area (TPSA) is 73.2 Å². The van der Waals surface area contributed by atoms with Gasteiger partial charge in [0.05, 0.1) is 12.2 Å². The molecule has 0 aliphatic rings. The highest BCUT2D eigenvalue weighted by atomic mass is 16.2. The van der Waals surface area contributed by atoms with Crippen molar-refractivity contribution < 1.29 is 0 Å². The van der Waals surface area contributed by atoms with Crippen LogP contribution in [0.1, 0.15) is 18.5 Å². The molecule has 0 radical (unpaired) electrons. The lowest BCUT2D eigenvalue weighted by molar-refractivity contribution is 0.246. The fraction of sp³-hybridized carbons (Fsp3) is 0.263. The molecule has 8 nitrogen and oxygen atoms in total. The standard InChI is InChI=1S/C19H21N7O/c1-15(16-6-8-17(9-7-16)26-14-20-13-21-26)23(2)11-12-25-19(27)24-10-4-3-5-18(24)22-25/h3-10,13-15H,11-12H2,1-2H3/t15-/m1/s1. The van der Waals surface area contributed by atoms with Crippen LogP contribution in [0.5, 0.6) is 0 Å². The molecule has 0 N–H and O–H groups in total. The van der Waals surface area contributed by atoms with E-state index in [0.717, 1.165) is 12.2 Å². The number of likely N-dealkylation sites (N-methyl/N-ethyl adjacent to an activating group) is 1. The van der Waals surface area contributed by atoms with E-state index in [0.29, 0.717) is 12.2 Å². The van der Waals surface area contributed by atoms with Crippen LogP contribution in [0.2, 0.25) is 0 Å². The first-order valence-electron chi connectivity index (χ1n) is 8.83. The van der Waals surface area contributed by atoms with Gasteiger partial charge in [-0.2, -0.15) is 5.10 Å². The molecule has 138 valence electrons. The molecule has 0 fully saturated rings. The van der Waals surface area contributed by atoms with E-state index in [2.05, 4.69) is 46.2 Å². The summed E-state index contributed by atoms with van der Waals surface area (Å²) in [5, 5.41) is 8.52. The van der Waals surface area contributed by atoms with Crippen LogP contribution >= 0.6 is 0 Å². The Morgan fingerprint density at radius 2 is 1.96 bits per heavy atom. The van der Waals surface area contributed by atoms with Gasteiger partial charge in [0.25, 0.3) is 0 Å². The molecule has 0 aliphatic heterocycles. The summed E-state index contributed by atoms with van der Waals surface area (Å²) in [6.07, 6.45) is 4.94. The maximum atomic E-state index is 12.4. The quantitative estimate of drug-likeness (QED) is 0.522. The molecule has 0 spiro atoms. The summed E-state index contributed by atoms with van der Waals surface area (Å²) in [4.78, 5) is 18.5. The lowest BCUT2D eigenvalue weighted by Gasteiger charge is -2.25. The molecule has 1 aromatic carbocycles. The lowest BCUT2D eigenvalue weighted by Crippen LogP contribution is -2.30. The minimum Gasteiger partial charge on any atom is -0.298 e. The Morgan fingerprint density at radius 3 is 2.67 bits per heavy atom. The van der Waals surface area contributed by atoms with Gasteiger partial charge in [-0.25, -0.2) is 19.1 Å². The summed E-state index contributed by atoms with van der Waals surface area (Å²) in [7, 11) is 2.05. The number of rotatable bonds is 6. The maximum absolute atomic E-state index is 12.4. The summed E-state index contributed by atoms with van der Waals surface area (Å²) in [6.45, 7) is 3.41. The molecule has 1 atom stereocenters. The van der Waals surface area contributed by atoms with Crippen LogP contribution in [-0.4, -0.2) is 47.4 Å². The second-order valence-corrected chi connectivity index (χ2v) is 6.52. The van der Waals surface area contributed by atoms with E-state index < -0.39 is 0 Å². The smallest absolute Gasteiger partial charge is 0.298 e. The molecule has 3 aromatic heterocycles. The van der Waals surface area contributed by atoms with E-state index in [1.807, 2.05) is 30.3 Å². The number of fused-ring (bicyclic) bond motifs is 1. The number of benzene rings is 1. The van der Waals surface area contributed by atoms with Gasteiger partial charge < -0.3 is 0 Å². The van der Waals surface area contributed by atoms with Gasteiger partial charge in [-0.3, -0.25) is 9.30 Å². The van der Waals surface area contributed by atoms with Crippen LogP contribution < -0.4 is 5.69 Å². The zero-order valence-corrected chi connectivity index (χ0v) is 15.3. The molecule has 4 aromatic rings. The van der Waals surface area contributed by atoms with Crippen molar-refractivity contribution in [2.24, 2.45) is 0 Å². The monoisotopic (exact) mass is 363 g/mol. The van der Waals surface area contributed by atoms with Crippen LogP contribution in [0.25, 0.3) is 11.3 Å². The summed E-state index contributed by atoms with van der Waals surface area (Å²) in [5.74, 6) is 0. The predicted octanol–water partition coefficient (Wildman–Crippen LogP) is 1.77. The van der Waals surface area contributed by atoms with Gasteiger partial charge in [0.15, 0.2) is 5.65 Å². The van der Waals surface area contributed by atoms with Crippen molar-refractivity contribution in [3.8, 4) is 5.69 Å². The average Bonchev–Trinajstić information content (AvgIpc) is 3.35. The van der Waals surface area contributed by atoms with Crippen molar-refractivity contribution in [3.63, 3.8) is 0 Å². The normalized spacial score (nSPS) is 12.7. The van der Waals surface area contributed by atoms with Gasteiger partial charge in [0, 0.05) is 18.8 Å². The van der Waals surface area contributed by atoms with Gasteiger partial charge >= 0.3 is 5.69 Å². The van der Waals surface area contributed by atoms with Crippen LogP contribution in [0.3, 0.4) is 0 Å². The molecule has 0 aliphatic carbocycles. The number of aromatic nitrogens is 6. The van der Waals surface area contributed by atoms with E-state index in [4.69, 9.17) is 0 Å². The van der Waals surface area contributed by atoms with Gasteiger partial charge in [0.1, 0.15) is 12.7 Å². The second-order valence-electron chi connectivity index (χ2n) is 6.52. The van der Waals surface area contributed by atoms with Crippen molar-refractivity contribution >= 4 is 5.65 Å². The van der Waals surface area contributed by atoms with E-state index in [1.165, 1.54) is 16.6 Å². The fourth-order valence-electron chi connectivity index (χ4n) is 3.06. The van der Waals surface area contributed by atoms with E-state index in [-0.39, 0.29) is 11.7 Å². The third-order valence-corrected chi connectivity index (χ3v) is 4.87. The maximum Gasteiger partial charge on any atom is 0.350 e. The third kappa shape index (κ3) is 3.39. The highest BCUT2D eigenvalue weighted by molar-refractivity contribution is 5.35. The zero-order chi connectivity index (χ0) is 18.8. The highest BCUT2D eigenvalue weighted by Crippen LogP contribution is 2.20. The molecule has 0 bridgehead atoms. The first-order valence-corrected chi connectivity index (χ1v) is 8.83. The largest absolute Gasteiger partial charge is 0.350 e. The van der Waals surface area contributed by atoms with Crippen molar-refractivity contribution in [1.82, 2.24) is 33.8 Å². The average molecular weight is 363 g/mol. The first kappa shape index (κ1) is 17.2. The Hall–Kier alpha value is -3.26. The summed E-state index contributed by atoms with van der Waals surface area (Å²) >= 11 is 0. The van der Waals surface area contributed by atoms with Crippen LogP contribution in [-0.2, 0) is 6.54 Å². The minimum absolute atomic E-state index is 0.108. The van der Waals surface area contributed by atoms with Gasteiger partial charge in [-0.05, 0) is 43.8 Å². The van der Waals surface area contributed by atoms with Gasteiger partial charge in [-0.1, -0.05) is 18.2 Å². The predicted molar refractivity (Wildman–Crippen MR) is 102 cm³/mol. The van der Waals surface area contributed by atoms with Crippen LogP contribution in [0, 0.1) is 0 Å².